The molecule has 1 fully saturated rings. The van der Waals surface area contributed by atoms with E-state index >= 15 is 0 Å². The van der Waals surface area contributed by atoms with Crippen LogP contribution >= 0.6 is 11.3 Å². The van der Waals surface area contributed by atoms with Crippen LogP contribution in [-0.2, 0) is 7.05 Å². The van der Waals surface area contributed by atoms with Gasteiger partial charge in [0, 0.05) is 36.1 Å². The molecule has 0 aliphatic heterocycles. The summed E-state index contributed by atoms with van der Waals surface area (Å²) in [5, 5.41) is 7.98. The number of aromatic nitrogens is 4. The average Bonchev–Trinajstić information content (AvgIpc) is 3.46. The Balaban J connectivity index is 1.60. The summed E-state index contributed by atoms with van der Waals surface area (Å²) < 4.78 is 1.77. The van der Waals surface area contributed by atoms with Gasteiger partial charge in [-0.1, -0.05) is 36.4 Å². The Morgan fingerprint density at radius 2 is 2.06 bits per heavy atom. The summed E-state index contributed by atoms with van der Waals surface area (Å²) in [4.78, 5) is 25.1. The second-order valence-electron chi connectivity index (χ2n) is 7.86. The smallest absolute Gasteiger partial charge is 0.261 e. The SMILES string of the molecule is C=CCN(C(=O)c1cc(C2CC2)nc2c1c(C)nn2C)c1nc(-c2ccccc2)cs1. The molecule has 31 heavy (non-hydrogen) atoms. The van der Waals surface area contributed by atoms with E-state index < -0.39 is 0 Å². The largest absolute Gasteiger partial charge is 0.280 e. The molecule has 3 heterocycles. The molecule has 1 aliphatic carbocycles. The van der Waals surface area contributed by atoms with Crippen LogP contribution in [0.25, 0.3) is 22.3 Å². The van der Waals surface area contributed by atoms with E-state index in [2.05, 4.69) is 11.7 Å². The van der Waals surface area contributed by atoms with Gasteiger partial charge in [0.15, 0.2) is 10.8 Å². The van der Waals surface area contributed by atoms with Crippen LogP contribution in [0, 0.1) is 6.92 Å². The molecule has 0 spiro atoms. The summed E-state index contributed by atoms with van der Waals surface area (Å²) in [6.45, 7) is 6.16. The first kappa shape index (κ1) is 19.6. The van der Waals surface area contributed by atoms with Gasteiger partial charge in [0.1, 0.15) is 0 Å². The van der Waals surface area contributed by atoms with Gasteiger partial charge in [-0.05, 0) is 25.8 Å². The fourth-order valence-electron chi connectivity index (χ4n) is 3.87. The van der Waals surface area contributed by atoms with Crippen LogP contribution < -0.4 is 4.90 Å². The molecule has 0 atom stereocenters. The van der Waals surface area contributed by atoms with Gasteiger partial charge in [0.2, 0.25) is 0 Å². The van der Waals surface area contributed by atoms with Crippen molar-refractivity contribution < 1.29 is 4.79 Å². The summed E-state index contributed by atoms with van der Waals surface area (Å²) in [6, 6.07) is 11.9. The van der Waals surface area contributed by atoms with Crippen LogP contribution in [0.2, 0.25) is 0 Å². The van der Waals surface area contributed by atoms with Crippen molar-refractivity contribution in [2.45, 2.75) is 25.7 Å². The van der Waals surface area contributed by atoms with E-state index in [9.17, 15) is 4.79 Å². The molecule has 7 heteroatoms. The van der Waals surface area contributed by atoms with Gasteiger partial charge in [-0.25, -0.2) is 9.97 Å². The molecular formula is C24H23N5OS. The van der Waals surface area contributed by atoms with Crippen LogP contribution in [0.4, 0.5) is 5.13 Å². The molecule has 5 rings (SSSR count). The third kappa shape index (κ3) is 3.55. The van der Waals surface area contributed by atoms with Gasteiger partial charge in [-0.2, -0.15) is 5.10 Å². The highest BCUT2D eigenvalue weighted by Gasteiger charge is 2.30. The predicted molar refractivity (Wildman–Crippen MR) is 125 cm³/mol. The number of nitrogens with zero attached hydrogens (tertiary/aromatic N) is 5. The van der Waals surface area contributed by atoms with Crippen molar-refractivity contribution in [3.05, 3.63) is 71.4 Å². The maximum Gasteiger partial charge on any atom is 0.261 e. The van der Waals surface area contributed by atoms with E-state index in [1.54, 1.807) is 15.7 Å². The highest BCUT2D eigenvalue weighted by molar-refractivity contribution is 7.14. The van der Waals surface area contributed by atoms with Crippen molar-refractivity contribution in [1.82, 2.24) is 19.7 Å². The number of aryl methyl sites for hydroxylation is 2. The molecule has 1 amide bonds. The van der Waals surface area contributed by atoms with Crippen molar-refractivity contribution in [2.24, 2.45) is 7.05 Å². The standard InChI is InChI=1S/C24H23N5OS/c1-4-12-29(24-26-20(14-31-24)16-8-6-5-7-9-16)23(30)18-13-19(17-10-11-17)25-22-21(18)15(2)27-28(22)3/h4-9,13-14,17H,1,10-12H2,2-3H3. The zero-order chi connectivity index (χ0) is 21.5. The Labute approximate surface area is 184 Å². The number of amides is 1. The Bertz CT molecular complexity index is 1290. The monoisotopic (exact) mass is 429 g/mol. The van der Waals surface area contributed by atoms with Gasteiger partial charge in [-0.15, -0.1) is 17.9 Å². The lowest BCUT2D eigenvalue weighted by Gasteiger charge is -2.19. The van der Waals surface area contributed by atoms with Crippen molar-refractivity contribution in [3.63, 3.8) is 0 Å². The maximum atomic E-state index is 13.8. The molecule has 0 unspecified atom stereocenters. The third-order valence-electron chi connectivity index (χ3n) is 5.56. The van der Waals surface area contributed by atoms with E-state index in [1.165, 1.54) is 11.3 Å². The van der Waals surface area contributed by atoms with Gasteiger partial charge < -0.3 is 0 Å². The van der Waals surface area contributed by atoms with E-state index in [0.29, 0.717) is 23.2 Å². The molecule has 0 radical (unpaired) electrons. The average molecular weight is 430 g/mol. The number of carbonyl (C=O) groups excluding carboxylic acids is 1. The van der Waals surface area contributed by atoms with Crippen LogP contribution in [0.1, 0.15) is 40.5 Å². The minimum absolute atomic E-state index is 0.0979. The Morgan fingerprint density at radius 1 is 1.29 bits per heavy atom. The quantitative estimate of drug-likeness (QED) is 0.400. The molecule has 3 aromatic heterocycles. The van der Waals surface area contributed by atoms with Gasteiger partial charge in [0.05, 0.1) is 22.3 Å². The highest BCUT2D eigenvalue weighted by Crippen LogP contribution is 2.41. The Kier molecular flexibility index (Phi) is 4.90. The van der Waals surface area contributed by atoms with Crippen molar-refractivity contribution in [2.75, 3.05) is 11.4 Å². The maximum absolute atomic E-state index is 13.8. The van der Waals surface area contributed by atoms with Crippen LogP contribution in [0.5, 0.6) is 0 Å². The number of thiazole rings is 1. The number of rotatable bonds is 6. The van der Waals surface area contributed by atoms with Crippen molar-refractivity contribution >= 4 is 33.4 Å². The number of hydrogen-bond acceptors (Lipinski definition) is 5. The summed E-state index contributed by atoms with van der Waals surface area (Å²) in [7, 11) is 1.88. The number of hydrogen-bond donors (Lipinski definition) is 0. The van der Waals surface area contributed by atoms with E-state index in [4.69, 9.17) is 9.97 Å². The summed E-state index contributed by atoms with van der Waals surface area (Å²) in [6.07, 6.45) is 3.97. The van der Waals surface area contributed by atoms with Crippen LogP contribution in [-0.4, -0.2) is 32.2 Å². The van der Waals surface area contributed by atoms with Crippen LogP contribution in [0.3, 0.4) is 0 Å². The summed E-state index contributed by atoms with van der Waals surface area (Å²) in [5.41, 5.74) is 5.06. The molecule has 0 bridgehead atoms. The lowest BCUT2D eigenvalue weighted by Crippen LogP contribution is -2.31. The second kappa shape index (κ2) is 7.74. The second-order valence-corrected chi connectivity index (χ2v) is 8.70. The molecular weight excluding hydrogens is 406 g/mol. The predicted octanol–water partition coefficient (Wildman–Crippen LogP) is 5.11. The third-order valence-corrected chi connectivity index (χ3v) is 6.43. The molecule has 6 nitrogen and oxygen atoms in total. The number of carbonyl (C=O) groups is 1. The number of anilines is 1. The van der Waals surface area contributed by atoms with Crippen molar-refractivity contribution in [1.29, 1.82) is 0 Å². The Hall–Kier alpha value is -3.32. The molecule has 1 aliphatic rings. The molecule has 4 aromatic rings. The zero-order valence-corrected chi connectivity index (χ0v) is 18.4. The fraction of sp³-hybridized carbons (Fsp3) is 0.250. The first-order valence-corrected chi connectivity index (χ1v) is 11.2. The van der Waals surface area contributed by atoms with Gasteiger partial charge in [-0.3, -0.25) is 14.4 Å². The van der Waals surface area contributed by atoms with E-state index in [-0.39, 0.29) is 5.91 Å². The molecule has 1 saturated carbocycles. The Morgan fingerprint density at radius 3 is 2.77 bits per heavy atom. The fourth-order valence-corrected chi connectivity index (χ4v) is 4.71. The lowest BCUT2D eigenvalue weighted by atomic mass is 10.1. The van der Waals surface area contributed by atoms with Crippen molar-refractivity contribution in [3.8, 4) is 11.3 Å². The number of benzene rings is 1. The highest BCUT2D eigenvalue weighted by atomic mass is 32.1. The first-order chi connectivity index (χ1) is 15.1. The molecule has 0 saturated heterocycles. The minimum Gasteiger partial charge on any atom is -0.280 e. The summed E-state index contributed by atoms with van der Waals surface area (Å²) in [5.74, 6) is 0.336. The topological polar surface area (TPSA) is 63.9 Å². The summed E-state index contributed by atoms with van der Waals surface area (Å²) >= 11 is 1.46. The minimum atomic E-state index is -0.0979. The van der Waals surface area contributed by atoms with Gasteiger partial charge >= 0.3 is 0 Å². The van der Waals surface area contributed by atoms with Crippen LogP contribution in [0.15, 0.2) is 54.4 Å². The normalized spacial score (nSPS) is 13.5. The zero-order valence-electron chi connectivity index (χ0n) is 17.6. The van der Waals surface area contributed by atoms with Gasteiger partial charge in [0.25, 0.3) is 5.91 Å². The lowest BCUT2D eigenvalue weighted by molar-refractivity contribution is 0.0991. The number of pyridine rings is 1. The molecule has 1 aromatic carbocycles. The molecule has 0 N–H and O–H groups in total. The van der Waals surface area contributed by atoms with E-state index in [1.807, 2.05) is 55.7 Å². The van der Waals surface area contributed by atoms with E-state index in [0.717, 1.165) is 46.5 Å². The first-order valence-electron chi connectivity index (χ1n) is 10.3. The molecule has 156 valence electrons. The number of fused-ring (bicyclic) bond motifs is 1.